The number of nitrogens with two attached hydrogens (primary N) is 2. The van der Waals surface area contributed by atoms with Gasteiger partial charge in [-0.1, -0.05) is 43.8 Å². The zero-order valence-electron chi connectivity index (χ0n) is 68.7. The molecule has 2 aromatic carbocycles. The molecule has 11 N–H and O–H groups in total. The summed E-state index contributed by atoms with van der Waals surface area (Å²) >= 11 is 10.1. The summed E-state index contributed by atoms with van der Waals surface area (Å²) in [5.41, 5.74) is 12.3. The number of likely N-dealkylation sites (tertiary alicyclic amines) is 2. The van der Waals surface area contributed by atoms with Crippen LogP contribution in [0.2, 0.25) is 0 Å². The van der Waals surface area contributed by atoms with Gasteiger partial charge in [-0.2, -0.15) is 17.5 Å². The molecule has 3 unspecified atom stereocenters. The zero-order valence-corrected chi connectivity index (χ0v) is 74.4. The highest BCUT2D eigenvalue weighted by molar-refractivity contribution is 7.10. The molecule has 662 valence electrons. The molecule has 11 aliphatic rings. The van der Waals surface area contributed by atoms with Crippen LogP contribution in [0, 0.1) is 46.8 Å². The van der Waals surface area contributed by atoms with Crippen LogP contribution in [0.3, 0.4) is 0 Å². The maximum absolute atomic E-state index is 12.7. The van der Waals surface area contributed by atoms with E-state index in [9.17, 15) is 19.2 Å². The van der Waals surface area contributed by atoms with Crippen molar-refractivity contribution in [3.05, 3.63) is 145 Å². The van der Waals surface area contributed by atoms with E-state index in [0.29, 0.717) is 104 Å². The number of para-hydroxylation sites is 2. The molecule has 8 saturated carbocycles. The lowest BCUT2D eigenvalue weighted by Gasteiger charge is -2.27. The number of nitrogens with one attached hydrogen (secondary N) is 7. The van der Waals surface area contributed by atoms with Gasteiger partial charge in [-0.25, -0.2) is 64.2 Å². The van der Waals surface area contributed by atoms with Gasteiger partial charge in [0, 0.05) is 160 Å². The van der Waals surface area contributed by atoms with Crippen molar-refractivity contribution in [1.82, 2.24) is 97.4 Å². The molecular weight excluding hydrogens is 1730 g/mol. The molecule has 8 aliphatic carbocycles. The van der Waals surface area contributed by atoms with Gasteiger partial charge in [-0.3, -0.25) is 20.8 Å². The Morgan fingerprint density at radius 2 is 0.848 bits per heavy atom. The lowest BCUT2D eigenvalue weighted by molar-refractivity contribution is -0.133. The van der Waals surface area contributed by atoms with Crippen LogP contribution < -0.4 is 51.6 Å². The molecule has 3 saturated heterocycles. The van der Waals surface area contributed by atoms with Crippen molar-refractivity contribution in [2.75, 3.05) is 91.5 Å². The fourth-order valence-corrected chi connectivity index (χ4v) is 19.8. The Balaban J connectivity index is 0.000000125. The number of anilines is 6. The van der Waals surface area contributed by atoms with Crippen LogP contribution in [0.4, 0.5) is 47.2 Å². The van der Waals surface area contributed by atoms with Crippen molar-refractivity contribution in [1.29, 1.82) is 5.41 Å². The summed E-state index contributed by atoms with van der Waals surface area (Å²) in [5.74, 6) is 14.2. The average molecular weight is 1840 g/mol. The molecule has 23 rings (SSSR count). The number of benzene rings is 2. The number of halogens is 3. The zero-order chi connectivity index (χ0) is 83.9. The van der Waals surface area contributed by atoms with E-state index in [4.69, 9.17) is 33.2 Å². The van der Waals surface area contributed by atoms with Crippen molar-refractivity contribution < 1.29 is 28.7 Å². The molecular formula is C84H105Cl3N28O6S4. The summed E-state index contributed by atoms with van der Waals surface area (Å²) < 4.78 is 26.8. The van der Waals surface area contributed by atoms with E-state index >= 15 is 0 Å². The molecule has 4 amide bonds. The molecule has 125 heavy (non-hydrogen) atoms. The van der Waals surface area contributed by atoms with Gasteiger partial charge >= 0.3 is 23.5 Å². The Kier molecular flexibility index (Phi) is 30.0. The number of aromatic amines is 3. The number of fused-ring (bicyclic) bond motifs is 6. The number of ether oxygens (including phenoxy) is 2. The van der Waals surface area contributed by atoms with E-state index in [1.807, 2.05) is 64.8 Å². The Labute approximate surface area is 757 Å². The molecule has 0 spiro atoms. The third kappa shape index (κ3) is 23.2. The van der Waals surface area contributed by atoms with Gasteiger partial charge < -0.3 is 65.7 Å². The summed E-state index contributed by atoms with van der Waals surface area (Å²) in [6.45, 7) is 5.60. The number of H-pyrrole nitrogens is 3. The lowest BCUT2D eigenvalue weighted by atomic mass is 10.0. The molecule has 3 aliphatic heterocycles. The highest BCUT2D eigenvalue weighted by atomic mass is 35.5. The molecule has 11 fully saturated rings. The van der Waals surface area contributed by atoms with Crippen molar-refractivity contribution in [3.8, 4) is 11.5 Å². The first kappa shape index (κ1) is 90.8. The first-order valence-corrected chi connectivity index (χ1v) is 45.3. The molecule has 12 aromatic rings. The lowest BCUT2D eigenvalue weighted by Crippen LogP contribution is -2.36. The van der Waals surface area contributed by atoms with E-state index < -0.39 is 5.43 Å². The first-order valence-electron chi connectivity index (χ1n) is 41.9. The number of carbonyl (C=O) groups is 4. The first-order chi connectivity index (χ1) is 59.4. The Morgan fingerprint density at radius 3 is 1.20 bits per heavy atom. The monoisotopic (exact) mass is 1830 g/mol. The third-order valence-corrected chi connectivity index (χ3v) is 27.2. The van der Waals surface area contributed by atoms with Crippen LogP contribution in [0.25, 0.3) is 33.1 Å². The largest absolute Gasteiger partial charge is 0.426 e. The number of esters is 1. The van der Waals surface area contributed by atoms with Crippen molar-refractivity contribution >= 4 is 178 Å². The maximum atomic E-state index is 12.7. The van der Waals surface area contributed by atoms with E-state index in [0.717, 1.165) is 155 Å². The van der Waals surface area contributed by atoms with Gasteiger partial charge in [0.2, 0.25) is 10.3 Å². The van der Waals surface area contributed by atoms with E-state index in [1.165, 1.54) is 123 Å². The molecule has 13 heterocycles. The standard InChI is InChI=1S/2C20H24N8OS.C14H19N5.C13H12N2O2S.C7H5ClO2.C5H7N3S.C4H8N2.CH4.2ClH/c2*1-27(18-15-4-5-21-17(15)22-10-23-18)14-6-12-8-28(9-13(12)7-14)20(29)25-19-24-16(26-30-19)11-2-3-11;1-19(11-4-9-6-15-7-10(9)5-11)14-12-2-3-16-13(12)17-8-18-14;16-12(17-10-4-2-1-3-5-10)8-11-14-13(15-18-11)9-6-7-9;8-7(9)10-6-4-2-1-3-5-6;6-5-7-4(8-9-5)3-1-2-3;5-4(6)3-1-2-3;;;/h2*4-5,10-14H,2-3,6-9H2,1H3,(H,21,22,23)(H,24,25,26,29);2-3,8-11,15H,4-7H2,1H3,(H,16,17,18);1-5,9H,6-8H2;1-5H;3H,1-2H2,(H2,6,7,8);3H,1-2H2,(H3,5,6);1H4;2*1H/t2*12-,13+,14?;9-,10+,11?;;;;;;;. The van der Waals surface area contributed by atoms with E-state index in [2.05, 4.69) is 145 Å². The highest BCUT2D eigenvalue weighted by Gasteiger charge is 2.47. The number of hydrogen-bond donors (Lipinski definition) is 9. The second-order valence-electron chi connectivity index (χ2n) is 33.3. The van der Waals surface area contributed by atoms with Gasteiger partial charge in [-0.15, -0.1) is 24.8 Å². The summed E-state index contributed by atoms with van der Waals surface area (Å²) in [7, 11) is 6.42. The fraction of sp³-hybridized carbons (Fsp3) is 0.488. The van der Waals surface area contributed by atoms with Gasteiger partial charge in [0.1, 0.15) is 93.2 Å². The van der Waals surface area contributed by atoms with Gasteiger partial charge in [0.15, 0.2) is 5.13 Å². The molecule has 34 nitrogen and oxygen atoms in total. The molecule has 41 heteroatoms. The summed E-state index contributed by atoms with van der Waals surface area (Å²) in [6, 6.07) is 25.2. The van der Waals surface area contributed by atoms with Crippen molar-refractivity contribution in [2.45, 2.75) is 158 Å². The second kappa shape index (κ2) is 41.3. The van der Waals surface area contributed by atoms with Gasteiger partial charge in [0.25, 0.3) is 0 Å². The van der Waals surface area contributed by atoms with Gasteiger partial charge in [-0.05, 0) is 205 Å². The van der Waals surface area contributed by atoms with Crippen LogP contribution in [-0.2, 0) is 11.2 Å². The predicted molar refractivity (Wildman–Crippen MR) is 493 cm³/mol. The van der Waals surface area contributed by atoms with Crippen molar-refractivity contribution in [3.63, 3.8) is 0 Å². The SMILES string of the molecule is C.CN(c1ncnc2[nH]ccc12)C1C[C@@H]2CN(C(=O)Nc3nc(C4CC4)ns3)C[C@@H]2C1.CN(c1ncnc2[nH]ccc12)C1C[C@@H]2CN(C(=O)Nc3nc(C4CC4)ns3)C[C@@H]2C1.CN(c1ncnc2[nH]ccc12)C1C[C@H]2CNC[C@H]2C1.Cl.Cl.N=C(N)C1CC1.Nc1nc(C2CC2)ns1.O=C(Cc1nc(C2CC2)ns1)Oc1ccccc1.O=C(Cl)Oc1ccccc1. The minimum absolute atomic E-state index is 0. The minimum Gasteiger partial charge on any atom is -0.426 e. The number of nitrogens with zero attached hydrogens (tertiary/aromatic N) is 19. The fourth-order valence-electron chi connectivity index (χ4n) is 17.2. The molecule has 0 bridgehead atoms. The van der Waals surface area contributed by atoms with Crippen LogP contribution in [-0.4, -0.2) is 200 Å². The number of amidine groups is 1. The van der Waals surface area contributed by atoms with Crippen LogP contribution in [0.1, 0.15) is 162 Å². The number of hydrogen-bond acceptors (Lipinski definition) is 30. The van der Waals surface area contributed by atoms with Crippen LogP contribution in [0.15, 0.2) is 116 Å². The quantitative estimate of drug-likeness (QED) is 0.0134. The molecule has 10 aromatic heterocycles. The molecule has 0 radical (unpaired) electrons. The number of aromatic nitrogens is 17. The van der Waals surface area contributed by atoms with Crippen molar-refractivity contribution in [2.24, 2.45) is 47.2 Å². The number of amides is 4. The topological polar surface area (TPSA) is 443 Å². The predicted octanol–water partition coefficient (Wildman–Crippen LogP) is 15.3. The Bertz CT molecular complexity index is 5370. The number of urea groups is 2. The Hall–Kier alpha value is -10.5. The summed E-state index contributed by atoms with van der Waals surface area (Å²) in [5, 5.41) is 22.0. The number of rotatable bonds is 17. The number of carbonyl (C=O) groups excluding carboxylic acids is 4. The van der Waals surface area contributed by atoms with E-state index in [1.54, 1.807) is 55.4 Å². The smallest absolute Gasteiger partial charge is 0.409 e. The highest BCUT2D eigenvalue weighted by Crippen LogP contribution is 2.47. The summed E-state index contributed by atoms with van der Waals surface area (Å²) in [4.78, 5) is 111. The van der Waals surface area contributed by atoms with Crippen LogP contribution >= 0.6 is 82.5 Å². The van der Waals surface area contributed by atoms with Gasteiger partial charge in [0.05, 0.1) is 28.4 Å². The Morgan fingerprint density at radius 1 is 0.488 bits per heavy atom. The average Bonchev–Trinajstić information content (AvgIpc) is 1.64. The number of nitrogen functional groups attached to an aromatic ring is 1. The second-order valence-corrected chi connectivity index (χ2v) is 36.7. The minimum atomic E-state index is -0.814. The molecule has 9 atom stereocenters. The van der Waals surface area contributed by atoms with Crippen LogP contribution in [0.5, 0.6) is 11.5 Å². The summed E-state index contributed by atoms with van der Waals surface area (Å²) in [6.07, 6.45) is 29.5. The maximum Gasteiger partial charge on any atom is 0.409 e. The third-order valence-electron chi connectivity index (χ3n) is 24.6. The van der Waals surface area contributed by atoms with E-state index in [-0.39, 0.29) is 56.7 Å². The normalized spacial score (nSPS) is 21.9.